The fourth-order valence-electron chi connectivity index (χ4n) is 2.13. The van der Waals surface area contributed by atoms with Gasteiger partial charge in [0.05, 0.1) is 19.8 Å². The first-order valence-corrected chi connectivity index (χ1v) is 6.53. The maximum atomic E-state index is 5.99. The van der Waals surface area contributed by atoms with E-state index >= 15 is 0 Å². The molecule has 1 atom stereocenters. The van der Waals surface area contributed by atoms with Gasteiger partial charge in [-0.25, -0.2) is 0 Å². The van der Waals surface area contributed by atoms with E-state index < -0.39 is 0 Å². The number of methoxy groups -OCH3 is 1. The Morgan fingerprint density at radius 1 is 1.50 bits per heavy atom. The topological polar surface area (TPSA) is 30.5 Å². The van der Waals surface area contributed by atoms with Crippen LogP contribution in [0, 0.1) is 0 Å². The summed E-state index contributed by atoms with van der Waals surface area (Å²) in [5.74, 6) is 1.75. The second kappa shape index (κ2) is 6.12. The van der Waals surface area contributed by atoms with E-state index in [9.17, 15) is 0 Å². The van der Waals surface area contributed by atoms with Gasteiger partial charge in [0, 0.05) is 17.0 Å². The monoisotopic (exact) mass is 267 g/mol. The van der Waals surface area contributed by atoms with Crippen LogP contribution in [0.15, 0.2) is 30.0 Å². The molecule has 1 aliphatic rings. The van der Waals surface area contributed by atoms with E-state index in [0.717, 1.165) is 36.6 Å². The summed E-state index contributed by atoms with van der Waals surface area (Å²) in [6.45, 7) is 3.69. The highest BCUT2D eigenvalue weighted by Crippen LogP contribution is 2.34. The molecule has 0 aromatic heterocycles. The molecule has 1 heterocycles. The molecule has 0 amide bonds. The van der Waals surface area contributed by atoms with Gasteiger partial charge in [0.2, 0.25) is 0 Å². The van der Waals surface area contributed by atoms with E-state index in [0.29, 0.717) is 5.02 Å². The van der Waals surface area contributed by atoms with Crippen molar-refractivity contribution in [1.82, 2.24) is 5.32 Å². The average molecular weight is 268 g/mol. The number of likely N-dealkylation sites (N-methyl/N-ethyl adjacent to an activating group) is 1. The first-order chi connectivity index (χ1) is 8.76. The number of benzene rings is 1. The Hall–Kier alpha value is -1.19. The lowest BCUT2D eigenvalue weighted by atomic mass is 10.0. The Morgan fingerprint density at radius 3 is 2.94 bits per heavy atom. The largest absolute Gasteiger partial charge is 0.496 e. The average Bonchev–Trinajstić information content (AvgIpc) is 2.90. The molecule has 3 nitrogen and oxygen atoms in total. The Labute approximate surface area is 113 Å². The Bertz CT molecular complexity index is 445. The molecule has 4 heteroatoms. The molecule has 0 fully saturated rings. The number of hydrogen-bond acceptors (Lipinski definition) is 3. The van der Waals surface area contributed by atoms with E-state index in [4.69, 9.17) is 21.1 Å². The van der Waals surface area contributed by atoms with Crippen LogP contribution in [0.5, 0.6) is 5.75 Å². The molecular weight excluding hydrogens is 250 g/mol. The van der Waals surface area contributed by atoms with Crippen LogP contribution in [-0.2, 0) is 4.74 Å². The Morgan fingerprint density at radius 2 is 2.33 bits per heavy atom. The normalized spacial score (nSPS) is 16.1. The third-order valence-corrected chi connectivity index (χ3v) is 3.17. The van der Waals surface area contributed by atoms with Crippen molar-refractivity contribution in [3.8, 4) is 5.75 Å². The van der Waals surface area contributed by atoms with Crippen LogP contribution in [0.1, 0.15) is 24.9 Å². The van der Waals surface area contributed by atoms with Gasteiger partial charge in [-0.15, -0.1) is 0 Å². The van der Waals surface area contributed by atoms with Crippen LogP contribution in [0.4, 0.5) is 0 Å². The van der Waals surface area contributed by atoms with Crippen molar-refractivity contribution in [2.24, 2.45) is 0 Å². The summed E-state index contributed by atoms with van der Waals surface area (Å²) in [5.41, 5.74) is 1.05. The third-order valence-electron chi connectivity index (χ3n) is 2.93. The van der Waals surface area contributed by atoms with Crippen molar-refractivity contribution in [1.29, 1.82) is 0 Å². The summed E-state index contributed by atoms with van der Waals surface area (Å²) in [6, 6.07) is 5.72. The molecule has 0 radical (unpaired) electrons. The van der Waals surface area contributed by atoms with Crippen molar-refractivity contribution in [3.63, 3.8) is 0 Å². The molecule has 1 aromatic rings. The molecule has 0 bridgehead atoms. The summed E-state index contributed by atoms with van der Waals surface area (Å²) in [4.78, 5) is 0. The number of nitrogens with one attached hydrogen (secondary N) is 1. The maximum Gasteiger partial charge on any atom is 0.125 e. The van der Waals surface area contributed by atoms with Crippen molar-refractivity contribution in [2.75, 3.05) is 20.3 Å². The minimum atomic E-state index is 0.0321. The summed E-state index contributed by atoms with van der Waals surface area (Å²) in [5, 5.41) is 4.09. The molecule has 0 aliphatic carbocycles. The van der Waals surface area contributed by atoms with Gasteiger partial charge in [-0.1, -0.05) is 24.6 Å². The molecule has 0 saturated heterocycles. The molecule has 2 rings (SSSR count). The molecule has 0 spiro atoms. The molecule has 1 aromatic carbocycles. The maximum absolute atomic E-state index is 5.99. The van der Waals surface area contributed by atoms with Crippen LogP contribution in [0.3, 0.4) is 0 Å². The summed E-state index contributed by atoms with van der Waals surface area (Å²) < 4.78 is 11.1. The second-order valence-electron chi connectivity index (χ2n) is 4.12. The standard InChI is InChI=1S/C14H18ClNO2/c1-3-16-14(12-5-4-8-18-12)11-7-6-10(15)9-13(11)17-2/h5-7,9,14,16H,3-4,8H2,1-2H3. The van der Waals surface area contributed by atoms with Gasteiger partial charge < -0.3 is 14.8 Å². The van der Waals surface area contributed by atoms with Crippen LogP contribution in [-0.4, -0.2) is 20.3 Å². The number of rotatable bonds is 5. The number of ether oxygens (including phenoxy) is 2. The first-order valence-electron chi connectivity index (χ1n) is 6.16. The predicted octanol–water partition coefficient (Wildman–Crippen LogP) is 3.30. The second-order valence-corrected chi connectivity index (χ2v) is 4.56. The van der Waals surface area contributed by atoms with Gasteiger partial charge in [-0.2, -0.15) is 0 Å². The minimum Gasteiger partial charge on any atom is -0.496 e. The lowest BCUT2D eigenvalue weighted by Gasteiger charge is -2.21. The molecular formula is C14H18ClNO2. The third kappa shape index (κ3) is 2.79. The van der Waals surface area contributed by atoms with Crippen LogP contribution < -0.4 is 10.1 Å². The highest BCUT2D eigenvalue weighted by molar-refractivity contribution is 6.30. The van der Waals surface area contributed by atoms with E-state index in [-0.39, 0.29) is 6.04 Å². The Kier molecular flexibility index (Phi) is 4.50. The van der Waals surface area contributed by atoms with Crippen molar-refractivity contribution in [3.05, 3.63) is 40.6 Å². The van der Waals surface area contributed by atoms with Crippen molar-refractivity contribution >= 4 is 11.6 Å². The van der Waals surface area contributed by atoms with Gasteiger partial charge in [0.25, 0.3) is 0 Å². The lowest BCUT2D eigenvalue weighted by Crippen LogP contribution is -2.23. The first kappa shape index (κ1) is 13.2. The van der Waals surface area contributed by atoms with Crippen LogP contribution in [0.2, 0.25) is 5.02 Å². The van der Waals surface area contributed by atoms with Gasteiger partial charge in [0.15, 0.2) is 0 Å². The molecule has 1 N–H and O–H groups in total. The van der Waals surface area contributed by atoms with Gasteiger partial charge in [0.1, 0.15) is 11.5 Å². The fraction of sp³-hybridized carbons (Fsp3) is 0.429. The smallest absolute Gasteiger partial charge is 0.125 e. The fourth-order valence-corrected chi connectivity index (χ4v) is 2.29. The molecule has 1 unspecified atom stereocenters. The van der Waals surface area contributed by atoms with Gasteiger partial charge in [-0.3, -0.25) is 0 Å². The quantitative estimate of drug-likeness (QED) is 0.888. The van der Waals surface area contributed by atoms with Crippen molar-refractivity contribution in [2.45, 2.75) is 19.4 Å². The van der Waals surface area contributed by atoms with Gasteiger partial charge >= 0.3 is 0 Å². The molecule has 1 aliphatic heterocycles. The summed E-state index contributed by atoms with van der Waals surface area (Å²) in [7, 11) is 1.65. The van der Waals surface area contributed by atoms with Crippen LogP contribution >= 0.6 is 11.6 Å². The zero-order valence-corrected chi connectivity index (χ0v) is 11.5. The molecule has 98 valence electrons. The van der Waals surface area contributed by atoms with E-state index in [1.807, 2.05) is 18.2 Å². The van der Waals surface area contributed by atoms with Gasteiger partial charge in [-0.05, 0) is 24.8 Å². The lowest BCUT2D eigenvalue weighted by molar-refractivity contribution is 0.214. The van der Waals surface area contributed by atoms with E-state index in [1.165, 1.54) is 0 Å². The van der Waals surface area contributed by atoms with Crippen LogP contribution in [0.25, 0.3) is 0 Å². The SMILES string of the molecule is CCNC(C1=CCCO1)c1ccc(Cl)cc1OC. The predicted molar refractivity (Wildman–Crippen MR) is 73.1 cm³/mol. The highest BCUT2D eigenvalue weighted by Gasteiger charge is 2.23. The molecule has 0 saturated carbocycles. The highest BCUT2D eigenvalue weighted by atomic mass is 35.5. The van der Waals surface area contributed by atoms with E-state index in [2.05, 4.69) is 18.3 Å². The minimum absolute atomic E-state index is 0.0321. The number of halogens is 1. The van der Waals surface area contributed by atoms with E-state index in [1.54, 1.807) is 7.11 Å². The summed E-state index contributed by atoms with van der Waals surface area (Å²) >= 11 is 5.99. The zero-order chi connectivity index (χ0) is 13.0. The van der Waals surface area contributed by atoms with Crippen molar-refractivity contribution < 1.29 is 9.47 Å². The molecule has 18 heavy (non-hydrogen) atoms. The summed E-state index contributed by atoms with van der Waals surface area (Å²) in [6.07, 6.45) is 3.09. The zero-order valence-electron chi connectivity index (χ0n) is 10.7. The number of hydrogen-bond donors (Lipinski definition) is 1. The Balaban J connectivity index is 2.35.